The number of hydrogen-bond acceptors (Lipinski definition) is 2. The van der Waals surface area contributed by atoms with Crippen LogP contribution in [0.1, 0.15) is 86.0 Å². The number of hydrogen-bond donors (Lipinski definition) is 1. The molecule has 0 aliphatic heterocycles. The molecule has 4 rings (SSSR count). The highest BCUT2D eigenvalue weighted by molar-refractivity contribution is 7.80. The van der Waals surface area contributed by atoms with Crippen LogP contribution in [-0.4, -0.2) is 0 Å². The third kappa shape index (κ3) is 8.01. The monoisotopic (exact) mass is 508 g/mol. The summed E-state index contributed by atoms with van der Waals surface area (Å²) in [5, 5.41) is 0. The summed E-state index contributed by atoms with van der Waals surface area (Å²) < 4.78 is 6.01. The Balaban J connectivity index is 1.54. The van der Waals surface area contributed by atoms with Gasteiger partial charge in [0.2, 0.25) is 0 Å². The summed E-state index contributed by atoms with van der Waals surface area (Å²) in [5.74, 6) is 2.50. The van der Waals surface area contributed by atoms with Gasteiger partial charge in [0.1, 0.15) is 12.4 Å². The van der Waals surface area contributed by atoms with Gasteiger partial charge in [-0.3, -0.25) is 0 Å². The minimum Gasteiger partial charge on any atom is -0.489 e. The standard InChI is InChI=1S/C35H40OS/c1-3-11-32(30-14-9-6-10-15-30)25-33(24-28(4-2)29-12-7-5-8-13-29)31-18-16-27(17-19-31)26-36-34-20-22-35(37)23-21-34/h5-10,12-23,28,32-33,37H,3-4,11,24-26H2,1-2H3. The molecular formula is C35H40OS. The van der Waals surface area contributed by atoms with Crippen molar-refractivity contribution < 1.29 is 4.74 Å². The summed E-state index contributed by atoms with van der Waals surface area (Å²) in [7, 11) is 0. The molecule has 0 heterocycles. The van der Waals surface area contributed by atoms with Crippen LogP contribution < -0.4 is 4.74 Å². The van der Waals surface area contributed by atoms with E-state index in [0.29, 0.717) is 24.4 Å². The molecule has 0 aliphatic rings. The third-order valence-corrected chi connectivity index (χ3v) is 7.80. The van der Waals surface area contributed by atoms with Crippen LogP contribution in [0.5, 0.6) is 5.75 Å². The minimum absolute atomic E-state index is 0.500. The van der Waals surface area contributed by atoms with Gasteiger partial charge in [0.25, 0.3) is 0 Å². The van der Waals surface area contributed by atoms with E-state index >= 15 is 0 Å². The van der Waals surface area contributed by atoms with Gasteiger partial charge in [-0.25, -0.2) is 0 Å². The van der Waals surface area contributed by atoms with Crippen molar-refractivity contribution in [2.24, 2.45) is 0 Å². The summed E-state index contributed by atoms with van der Waals surface area (Å²) in [6.07, 6.45) is 5.92. The van der Waals surface area contributed by atoms with Gasteiger partial charge >= 0.3 is 0 Å². The SMILES string of the molecule is CCCC(CC(CC(CC)c1ccccc1)c1ccc(COc2ccc(S)cc2)cc1)c1ccccc1. The van der Waals surface area contributed by atoms with E-state index in [9.17, 15) is 0 Å². The van der Waals surface area contributed by atoms with Crippen LogP contribution in [0, 0.1) is 0 Å². The van der Waals surface area contributed by atoms with Crippen LogP contribution in [-0.2, 0) is 6.61 Å². The Kier molecular flexibility index (Phi) is 10.3. The van der Waals surface area contributed by atoms with Crippen molar-refractivity contribution >= 4 is 12.6 Å². The summed E-state index contributed by atoms with van der Waals surface area (Å²) in [6, 6.07) is 39.2. The van der Waals surface area contributed by atoms with Crippen molar-refractivity contribution in [1.82, 2.24) is 0 Å². The molecule has 0 amide bonds. The Morgan fingerprint density at radius 2 is 1.14 bits per heavy atom. The fourth-order valence-electron chi connectivity index (χ4n) is 5.41. The topological polar surface area (TPSA) is 9.23 Å². The Morgan fingerprint density at radius 3 is 1.70 bits per heavy atom. The lowest BCUT2D eigenvalue weighted by molar-refractivity contribution is 0.306. The van der Waals surface area contributed by atoms with E-state index in [4.69, 9.17) is 4.74 Å². The van der Waals surface area contributed by atoms with Gasteiger partial charge in [0.15, 0.2) is 0 Å². The highest BCUT2D eigenvalue weighted by Gasteiger charge is 2.23. The first-order chi connectivity index (χ1) is 18.2. The largest absolute Gasteiger partial charge is 0.489 e. The van der Waals surface area contributed by atoms with Crippen molar-refractivity contribution in [3.8, 4) is 5.75 Å². The van der Waals surface area contributed by atoms with Crippen LogP contribution in [0.15, 0.2) is 114 Å². The average molecular weight is 509 g/mol. The second kappa shape index (κ2) is 14.1. The van der Waals surface area contributed by atoms with Crippen molar-refractivity contribution in [2.45, 2.75) is 75.2 Å². The van der Waals surface area contributed by atoms with Crippen LogP contribution in [0.3, 0.4) is 0 Å². The molecule has 2 heteroatoms. The Morgan fingerprint density at radius 1 is 0.595 bits per heavy atom. The van der Waals surface area contributed by atoms with Crippen LogP contribution in [0.2, 0.25) is 0 Å². The fraction of sp³-hybridized carbons (Fsp3) is 0.314. The minimum atomic E-state index is 0.500. The lowest BCUT2D eigenvalue weighted by Gasteiger charge is -2.28. The lowest BCUT2D eigenvalue weighted by Crippen LogP contribution is -2.11. The van der Waals surface area contributed by atoms with E-state index in [1.165, 1.54) is 47.9 Å². The van der Waals surface area contributed by atoms with Gasteiger partial charge in [-0.05, 0) is 90.0 Å². The van der Waals surface area contributed by atoms with Crippen LogP contribution in [0.4, 0.5) is 0 Å². The molecule has 0 bridgehead atoms. The Labute approximate surface area is 229 Å². The molecule has 4 aromatic carbocycles. The predicted molar refractivity (Wildman–Crippen MR) is 160 cm³/mol. The molecule has 4 aromatic rings. The normalized spacial score (nSPS) is 13.6. The molecule has 0 saturated heterocycles. The first-order valence-electron chi connectivity index (χ1n) is 13.8. The van der Waals surface area contributed by atoms with Crippen molar-refractivity contribution in [3.63, 3.8) is 0 Å². The fourth-order valence-corrected chi connectivity index (χ4v) is 5.56. The van der Waals surface area contributed by atoms with Gasteiger partial charge in [-0.15, -0.1) is 12.6 Å². The summed E-state index contributed by atoms with van der Waals surface area (Å²) >= 11 is 4.36. The second-order valence-electron chi connectivity index (χ2n) is 10.1. The van der Waals surface area contributed by atoms with Gasteiger partial charge in [-0.1, -0.05) is 105 Å². The van der Waals surface area contributed by atoms with E-state index in [2.05, 4.69) is 111 Å². The molecular weight excluding hydrogens is 468 g/mol. The van der Waals surface area contributed by atoms with Crippen LogP contribution >= 0.6 is 12.6 Å². The van der Waals surface area contributed by atoms with Gasteiger partial charge in [-0.2, -0.15) is 0 Å². The van der Waals surface area contributed by atoms with Crippen molar-refractivity contribution in [1.29, 1.82) is 0 Å². The molecule has 0 spiro atoms. The number of rotatable bonds is 13. The van der Waals surface area contributed by atoms with E-state index < -0.39 is 0 Å². The maximum absolute atomic E-state index is 6.01. The lowest BCUT2D eigenvalue weighted by atomic mass is 9.77. The van der Waals surface area contributed by atoms with Crippen molar-refractivity contribution in [3.05, 3.63) is 131 Å². The quantitative estimate of drug-likeness (QED) is 0.177. The molecule has 0 aliphatic carbocycles. The molecule has 0 fully saturated rings. The summed E-state index contributed by atoms with van der Waals surface area (Å²) in [4.78, 5) is 0.945. The zero-order chi connectivity index (χ0) is 25.9. The zero-order valence-electron chi connectivity index (χ0n) is 22.2. The number of benzene rings is 4. The van der Waals surface area contributed by atoms with E-state index in [-0.39, 0.29) is 0 Å². The highest BCUT2D eigenvalue weighted by atomic mass is 32.1. The van der Waals surface area contributed by atoms with Gasteiger partial charge in [0, 0.05) is 4.90 Å². The van der Waals surface area contributed by atoms with E-state index in [1.807, 2.05) is 24.3 Å². The van der Waals surface area contributed by atoms with Gasteiger partial charge < -0.3 is 4.74 Å². The highest BCUT2D eigenvalue weighted by Crippen LogP contribution is 2.40. The first kappa shape index (κ1) is 27.1. The maximum atomic E-state index is 6.01. The predicted octanol–water partition coefficient (Wildman–Crippen LogP) is 10.2. The Bertz CT molecular complexity index is 1170. The third-order valence-electron chi connectivity index (χ3n) is 7.50. The molecule has 0 radical (unpaired) electrons. The molecule has 0 N–H and O–H groups in total. The average Bonchev–Trinajstić information content (AvgIpc) is 2.96. The van der Waals surface area contributed by atoms with Crippen LogP contribution in [0.25, 0.3) is 0 Å². The Hall–Kier alpha value is -2.97. The molecule has 3 atom stereocenters. The van der Waals surface area contributed by atoms with E-state index in [0.717, 1.165) is 17.1 Å². The number of ether oxygens (including phenoxy) is 1. The smallest absolute Gasteiger partial charge is 0.119 e. The molecule has 3 unspecified atom stereocenters. The maximum Gasteiger partial charge on any atom is 0.119 e. The zero-order valence-corrected chi connectivity index (χ0v) is 23.1. The van der Waals surface area contributed by atoms with E-state index in [1.54, 1.807) is 0 Å². The molecule has 0 saturated carbocycles. The first-order valence-corrected chi connectivity index (χ1v) is 14.2. The molecule has 0 aromatic heterocycles. The second-order valence-corrected chi connectivity index (χ2v) is 10.6. The molecule has 192 valence electrons. The van der Waals surface area contributed by atoms with Gasteiger partial charge in [0.05, 0.1) is 0 Å². The number of thiol groups is 1. The summed E-state index contributed by atoms with van der Waals surface area (Å²) in [6.45, 7) is 5.21. The molecule has 37 heavy (non-hydrogen) atoms. The summed E-state index contributed by atoms with van der Waals surface area (Å²) in [5.41, 5.74) is 5.56. The molecule has 1 nitrogen and oxygen atoms in total. The van der Waals surface area contributed by atoms with Crippen molar-refractivity contribution in [2.75, 3.05) is 0 Å².